The van der Waals surface area contributed by atoms with Gasteiger partial charge in [-0.1, -0.05) is 35.3 Å². The van der Waals surface area contributed by atoms with Crippen LogP contribution in [-0.2, 0) is 6.54 Å². The third-order valence-corrected chi connectivity index (χ3v) is 2.84. The fourth-order valence-corrected chi connectivity index (χ4v) is 1.97. The third-order valence-electron chi connectivity index (χ3n) is 2.42. The number of hydrogen-bond donors (Lipinski definition) is 0. The number of halogens is 2. The van der Waals surface area contributed by atoms with E-state index in [1.165, 1.54) is 10.8 Å². The van der Waals surface area contributed by atoms with Crippen molar-refractivity contribution in [2.24, 2.45) is 0 Å². The molecule has 1 aromatic heterocycles. The first-order valence-electron chi connectivity index (χ1n) is 5.15. The van der Waals surface area contributed by atoms with E-state index in [1.54, 1.807) is 7.11 Å². The molecule has 0 fully saturated rings. The Kier molecular flexibility index (Phi) is 3.89. The minimum atomic E-state index is -0.364. The molecule has 1 aromatic carbocycles. The van der Waals surface area contributed by atoms with Crippen molar-refractivity contribution in [1.82, 2.24) is 9.55 Å². The van der Waals surface area contributed by atoms with Gasteiger partial charge in [-0.3, -0.25) is 4.79 Å². The first-order valence-corrected chi connectivity index (χ1v) is 5.91. The van der Waals surface area contributed by atoms with Crippen LogP contribution in [0.3, 0.4) is 0 Å². The molecule has 2 rings (SSSR count). The number of rotatable bonds is 3. The molecule has 0 aliphatic carbocycles. The van der Waals surface area contributed by atoms with E-state index in [-0.39, 0.29) is 15.9 Å². The van der Waals surface area contributed by atoms with Crippen molar-refractivity contribution >= 4 is 23.2 Å². The summed E-state index contributed by atoms with van der Waals surface area (Å²) in [6.07, 6.45) is 1.46. The smallest absolute Gasteiger partial charge is 0.288 e. The summed E-state index contributed by atoms with van der Waals surface area (Å²) in [7, 11) is 1.60. The first-order chi connectivity index (χ1) is 8.60. The van der Waals surface area contributed by atoms with Crippen molar-refractivity contribution < 1.29 is 4.74 Å². The topological polar surface area (TPSA) is 44.1 Å². The Morgan fingerprint density at radius 2 is 1.94 bits per heavy atom. The molecule has 0 atom stereocenters. The fraction of sp³-hybridized carbons (Fsp3) is 0.167. The molecule has 0 bridgehead atoms. The molecular formula is C12H10Cl2N2O2. The number of aromatic nitrogens is 2. The number of nitrogens with zero attached hydrogens (tertiary/aromatic N) is 2. The predicted molar refractivity (Wildman–Crippen MR) is 70.6 cm³/mol. The normalized spacial score (nSPS) is 10.4. The van der Waals surface area contributed by atoms with Crippen LogP contribution in [0.2, 0.25) is 10.3 Å². The molecule has 0 spiro atoms. The second-order valence-corrected chi connectivity index (χ2v) is 4.38. The summed E-state index contributed by atoms with van der Waals surface area (Å²) in [5.74, 6) is 0.761. The Hall–Kier alpha value is -1.52. The SMILES string of the molecule is COc1ccc(Cn2cc(Cl)nc(Cl)c2=O)cc1. The molecule has 0 radical (unpaired) electrons. The second-order valence-electron chi connectivity index (χ2n) is 3.64. The highest BCUT2D eigenvalue weighted by Gasteiger charge is 2.06. The van der Waals surface area contributed by atoms with E-state index in [0.717, 1.165) is 11.3 Å². The summed E-state index contributed by atoms with van der Waals surface area (Å²) in [5, 5.41) is 0.0594. The molecule has 0 aliphatic heterocycles. The Bertz CT molecular complexity index is 608. The molecule has 94 valence electrons. The lowest BCUT2D eigenvalue weighted by atomic mass is 10.2. The summed E-state index contributed by atoms with van der Waals surface area (Å²) in [4.78, 5) is 15.4. The van der Waals surface area contributed by atoms with Crippen molar-refractivity contribution in [3.05, 3.63) is 56.7 Å². The highest BCUT2D eigenvalue weighted by molar-refractivity contribution is 6.32. The Labute approximate surface area is 114 Å². The molecular weight excluding hydrogens is 275 g/mol. The van der Waals surface area contributed by atoms with Crippen molar-refractivity contribution in [3.63, 3.8) is 0 Å². The zero-order valence-electron chi connectivity index (χ0n) is 9.56. The summed E-state index contributed by atoms with van der Waals surface area (Å²) in [6, 6.07) is 7.39. The zero-order valence-corrected chi connectivity index (χ0v) is 11.1. The van der Waals surface area contributed by atoms with Crippen LogP contribution in [0.1, 0.15) is 5.56 Å². The molecule has 0 N–H and O–H groups in total. The molecule has 0 saturated heterocycles. The lowest BCUT2D eigenvalue weighted by Crippen LogP contribution is -2.21. The highest BCUT2D eigenvalue weighted by atomic mass is 35.5. The van der Waals surface area contributed by atoms with Gasteiger partial charge in [0.15, 0.2) is 5.15 Å². The standard InChI is InChI=1S/C12H10Cl2N2O2/c1-18-9-4-2-8(3-5-9)6-16-7-10(13)15-11(14)12(16)17/h2-5,7H,6H2,1H3. The maximum absolute atomic E-state index is 11.7. The van der Waals surface area contributed by atoms with Crippen LogP contribution in [0.5, 0.6) is 5.75 Å². The molecule has 6 heteroatoms. The Balaban J connectivity index is 2.31. The molecule has 0 saturated carbocycles. The lowest BCUT2D eigenvalue weighted by Gasteiger charge is -2.07. The van der Waals surface area contributed by atoms with Crippen LogP contribution < -0.4 is 10.3 Å². The molecule has 0 aliphatic rings. The van der Waals surface area contributed by atoms with Gasteiger partial charge in [-0.05, 0) is 17.7 Å². The van der Waals surface area contributed by atoms with E-state index in [9.17, 15) is 4.79 Å². The second kappa shape index (κ2) is 5.42. The summed E-state index contributed by atoms with van der Waals surface area (Å²) >= 11 is 11.4. The van der Waals surface area contributed by atoms with E-state index in [2.05, 4.69) is 4.98 Å². The summed E-state index contributed by atoms with van der Waals surface area (Å²) < 4.78 is 6.48. The van der Waals surface area contributed by atoms with Gasteiger partial charge in [-0.25, -0.2) is 4.98 Å². The minimum absolute atomic E-state index is 0.129. The third kappa shape index (κ3) is 2.83. The average molecular weight is 285 g/mol. The Morgan fingerprint density at radius 3 is 2.56 bits per heavy atom. The molecule has 0 unspecified atom stereocenters. The van der Waals surface area contributed by atoms with Gasteiger partial charge in [0.1, 0.15) is 10.9 Å². The van der Waals surface area contributed by atoms with Gasteiger partial charge in [0.25, 0.3) is 5.56 Å². The molecule has 4 nitrogen and oxygen atoms in total. The fourth-order valence-electron chi connectivity index (χ4n) is 1.52. The lowest BCUT2D eigenvalue weighted by molar-refractivity contribution is 0.414. The van der Waals surface area contributed by atoms with Gasteiger partial charge in [0.2, 0.25) is 0 Å². The number of hydrogen-bond acceptors (Lipinski definition) is 3. The molecule has 1 heterocycles. The number of benzene rings is 1. The van der Waals surface area contributed by atoms with Gasteiger partial charge >= 0.3 is 0 Å². The van der Waals surface area contributed by atoms with Crippen LogP contribution in [0.25, 0.3) is 0 Å². The number of methoxy groups -OCH3 is 1. The Morgan fingerprint density at radius 1 is 1.28 bits per heavy atom. The van der Waals surface area contributed by atoms with E-state index >= 15 is 0 Å². The van der Waals surface area contributed by atoms with E-state index in [0.29, 0.717) is 6.54 Å². The summed E-state index contributed by atoms with van der Waals surface area (Å²) in [5.41, 5.74) is 0.577. The van der Waals surface area contributed by atoms with Gasteiger partial charge < -0.3 is 9.30 Å². The maximum Gasteiger partial charge on any atom is 0.288 e. The number of ether oxygens (including phenoxy) is 1. The van der Waals surface area contributed by atoms with Crippen LogP contribution in [0.15, 0.2) is 35.3 Å². The highest BCUT2D eigenvalue weighted by Crippen LogP contribution is 2.13. The minimum Gasteiger partial charge on any atom is -0.497 e. The zero-order chi connectivity index (χ0) is 13.1. The van der Waals surface area contributed by atoms with Crippen LogP contribution in [0, 0.1) is 0 Å². The van der Waals surface area contributed by atoms with Gasteiger partial charge in [-0.2, -0.15) is 0 Å². The van der Waals surface area contributed by atoms with Gasteiger partial charge in [0, 0.05) is 6.20 Å². The van der Waals surface area contributed by atoms with Crippen LogP contribution >= 0.6 is 23.2 Å². The van der Waals surface area contributed by atoms with Crippen molar-refractivity contribution in [2.45, 2.75) is 6.54 Å². The van der Waals surface area contributed by atoms with Gasteiger partial charge in [-0.15, -0.1) is 0 Å². The van der Waals surface area contributed by atoms with Crippen LogP contribution in [-0.4, -0.2) is 16.7 Å². The van der Waals surface area contributed by atoms with Crippen molar-refractivity contribution in [3.8, 4) is 5.75 Å². The summed E-state index contributed by atoms with van der Waals surface area (Å²) in [6.45, 7) is 0.380. The van der Waals surface area contributed by atoms with Crippen molar-refractivity contribution in [1.29, 1.82) is 0 Å². The maximum atomic E-state index is 11.7. The van der Waals surface area contributed by atoms with E-state index < -0.39 is 0 Å². The predicted octanol–water partition coefficient (Wildman–Crippen LogP) is 2.61. The molecule has 18 heavy (non-hydrogen) atoms. The van der Waals surface area contributed by atoms with Crippen molar-refractivity contribution in [2.75, 3.05) is 7.11 Å². The largest absolute Gasteiger partial charge is 0.497 e. The van der Waals surface area contributed by atoms with Crippen LogP contribution in [0.4, 0.5) is 0 Å². The quantitative estimate of drug-likeness (QED) is 0.870. The van der Waals surface area contributed by atoms with E-state index in [4.69, 9.17) is 27.9 Å². The first kappa shape index (κ1) is 12.9. The molecule has 2 aromatic rings. The monoisotopic (exact) mass is 284 g/mol. The van der Waals surface area contributed by atoms with Gasteiger partial charge in [0.05, 0.1) is 13.7 Å². The van der Waals surface area contributed by atoms with E-state index in [1.807, 2.05) is 24.3 Å². The average Bonchev–Trinajstić information content (AvgIpc) is 2.36. The molecule has 0 amide bonds.